The minimum Gasteiger partial charge on any atom is -0.463 e. The van der Waals surface area contributed by atoms with Gasteiger partial charge in [0, 0.05) is 28.1 Å². The number of carbonyl (C=O) groups excluding carboxylic acids is 1. The average molecular weight is 576 g/mol. The summed E-state index contributed by atoms with van der Waals surface area (Å²) in [6.45, 7) is 5.04. The number of allylic oxidation sites excluding steroid dienone is 1. The number of hydrogen-bond donors (Lipinski definition) is 0. The number of esters is 1. The second-order valence-electron chi connectivity index (χ2n) is 9.72. The van der Waals surface area contributed by atoms with Crippen molar-refractivity contribution < 1.29 is 14.3 Å². The second kappa shape index (κ2) is 12.9. The number of hydrogen-bond acceptors (Lipinski definition) is 4. The van der Waals surface area contributed by atoms with Crippen LogP contribution in [0.2, 0.25) is 10.0 Å². The molecule has 1 unspecified atom stereocenters. The van der Waals surface area contributed by atoms with E-state index >= 15 is 0 Å². The van der Waals surface area contributed by atoms with Gasteiger partial charge in [-0.05, 0) is 96.3 Å². The predicted molar refractivity (Wildman–Crippen MR) is 163 cm³/mol. The van der Waals surface area contributed by atoms with Crippen molar-refractivity contribution in [3.8, 4) is 0 Å². The molecule has 0 aliphatic carbocycles. The summed E-state index contributed by atoms with van der Waals surface area (Å²) in [6.07, 6.45) is 9.06. The van der Waals surface area contributed by atoms with Crippen molar-refractivity contribution in [1.29, 1.82) is 0 Å². The zero-order valence-corrected chi connectivity index (χ0v) is 24.2. The summed E-state index contributed by atoms with van der Waals surface area (Å²) in [5.74, 6) is -0.356. The SMILES string of the molecule is CCOC(=O)/C=C/c1ccc(/C(=C(/CC)c2ccc(Cl)cc2Cl)c2ccc3c(cnn3C3CCCCO3)c2)cc1. The van der Waals surface area contributed by atoms with Gasteiger partial charge in [-0.3, -0.25) is 0 Å². The van der Waals surface area contributed by atoms with E-state index in [0.717, 1.165) is 76.6 Å². The molecule has 1 aromatic heterocycles. The Balaban J connectivity index is 1.61. The highest BCUT2D eigenvalue weighted by molar-refractivity contribution is 6.36. The molecule has 5 nitrogen and oxygen atoms in total. The lowest BCUT2D eigenvalue weighted by molar-refractivity contribution is -0.137. The van der Waals surface area contributed by atoms with Crippen LogP contribution in [0.15, 0.2) is 72.9 Å². The molecule has 0 radical (unpaired) electrons. The molecule has 0 bridgehead atoms. The quantitative estimate of drug-likeness (QED) is 0.120. The van der Waals surface area contributed by atoms with Crippen LogP contribution in [0.5, 0.6) is 0 Å². The van der Waals surface area contributed by atoms with Crippen LogP contribution in [0.25, 0.3) is 28.1 Å². The van der Waals surface area contributed by atoms with Crippen LogP contribution in [-0.4, -0.2) is 29.0 Å². The zero-order chi connectivity index (χ0) is 28.1. The molecule has 1 saturated heterocycles. The summed E-state index contributed by atoms with van der Waals surface area (Å²) in [7, 11) is 0. The van der Waals surface area contributed by atoms with Crippen LogP contribution in [0, 0.1) is 0 Å². The van der Waals surface area contributed by atoms with Crippen molar-refractivity contribution >= 4 is 57.3 Å². The normalized spacial score (nSPS) is 16.4. The van der Waals surface area contributed by atoms with E-state index in [0.29, 0.717) is 16.7 Å². The number of carbonyl (C=O) groups is 1. The molecule has 1 atom stereocenters. The molecule has 1 aliphatic rings. The lowest BCUT2D eigenvalue weighted by Gasteiger charge is -2.23. The smallest absolute Gasteiger partial charge is 0.330 e. The minimum atomic E-state index is -0.356. The van der Waals surface area contributed by atoms with Crippen molar-refractivity contribution in [3.05, 3.63) is 105 Å². The van der Waals surface area contributed by atoms with E-state index in [1.54, 1.807) is 19.1 Å². The first-order valence-electron chi connectivity index (χ1n) is 13.7. The monoisotopic (exact) mass is 574 g/mol. The molecule has 0 spiro atoms. The maximum Gasteiger partial charge on any atom is 0.330 e. The molecular weight excluding hydrogens is 543 g/mol. The summed E-state index contributed by atoms with van der Waals surface area (Å²) in [4.78, 5) is 11.8. The standard InChI is InChI=1S/C33H32Cl2N2O3/c1-3-27(28-15-14-26(34)20-29(28)35)33(23-11-8-22(9-12-23)10-17-32(38)39-4-2)24-13-16-30-25(19-24)21-36-37(30)31-7-5-6-18-40-31/h8-17,19-21,31H,3-7,18H2,1-2H3/b17-10+,33-27+. The molecule has 0 N–H and O–H groups in total. The van der Waals surface area contributed by atoms with E-state index in [4.69, 9.17) is 37.8 Å². The topological polar surface area (TPSA) is 53.3 Å². The van der Waals surface area contributed by atoms with Crippen molar-refractivity contribution in [2.24, 2.45) is 0 Å². The maximum absolute atomic E-state index is 11.8. The van der Waals surface area contributed by atoms with E-state index in [9.17, 15) is 4.79 Å². The van der Waals surface area contributed by atoms with Gasteiger partial charge in [-0.2, -0.15) is 5.10 Å². The van der Waals surface area contributed by atoms with E-state index in [1.807, 2.05) is 35.1 Å². The predicted octanol–water partition coefficient (Wildman–Crippen LogP) is 8.99. The fourth-order valence-electron chi connectivity index (χ4n) is 5.22. The van der Waals surface area contributed by atoms with E-state index in [-0.39, 0.29) is 12.2 Å². The number of rotatable bonds is 8. The summed E-state index contributed by atoms with van der Waals surface area (Å²) in [5.41, 5.74) is 7.20. The Morgan fingerprint density at radius 2 is 1.85 bits per heavy atom. The summed E-state index contributed by atoms with van der Waals surface area (Å²) in [5, 5.41) is 6.95. The van der Waals surface area contributed by atoms with Gasteiger partial charge in [0.1, 0.15) is 0 Å². The third-order valence-corrected chi connectivity index (χ3v) is 7.67. The Kier molecular flexibility index (Phi) is 9.05. The Bertz CT molecular complexity index is 1560. The van der Waals surface area contributed by atoms with Crippen LogP contribution in [0.4, 0.5) is 0 Å². The highest BCUT2D eigenvalue weighted by Crippen LogP contribution is 2.39. The fraction of sp³-hybridized carbons (Fsp3) is 0.273. The molecule has 0 saturated carbocycles. The molecule has 0 amide bonds. The molecule has 2 heterocycles. The Morgan fingerprint density at radius 1 is 1.05 bits per heavy atom. The number of nitrogens with zero attached hydrogens (tertiary/aromatic N) is 2. The van der Waals surface area contributed by atoms with Crippen LogP contribution in [0.1, 0.15) is 68.0 Å². The number of aromatic nitrogens is 2. The highest BCUT2D eigenvalue weighted by atomic mass is 35.5. The lowest BCUT2D eigenvalue weighted by atomic mass is 9.87. The largest absolute Gasteiger partial charge is 0.463 e. The Hall–Kier alpha value is -3.38. The van der Waals surface area contributed by atoms with Gasteiger partial charge in [0.2, 0.25) is 0 Å². The van der Waals surface area contributed by atoms with Gasteiger partial charge < -0.3 is 9.47 Å². The molecule has 1 aliphatic heterocycles. The number of benzene rings is 3. The fourth-order valence-corrected chi connectivity index (χ4v) is 5.74. The van der Waals surface area contributed by atoms with Gasteiger partial charge in [0.25, 0.3) is 0 Å². The average Bonchev–Trinajstić information content (AvgIpc) is 3.40. The molecule has 206 valence electrons. The van der Waals surface area contributed by atoms with Crippen LogP contribution in [-0.2, 0) is 14.3 Å². The van der Waals surface area contributed by atoms with E-state index < -0.39 is 0 Å². The molecule has 1 fully saturated rings. The second-order valence-corrected chi connectivity index (χ2v) is 10.6. The van der Waals surface area contributed by atoms with Gasteiger partial charge in [0.05, 0.1) is 18.3 Å². The van der Waals surface area contributed by atoms with Crippen molar-refractivity contribution in [1.82, 2.24) is 9.78 Å². The van der Waals surface area contributed by atoms with Gasteiger partial charge in [-0.25, -0.2) is 9.48 Å². The first kappa shape index (κ1) is 28.2. The molecule has 40 heavy (non-hydrogen) atoms. The van der Waals surface area contributed by atoms with Gasteiger partial charge in [0.15, 0.2) is 6.23 Å². The molecule has 5 rings (SSSR count). The Labute approximate surface area is 245 Å². The van der Waals surface area contributed by atoms with Crippen molar-refractivity contribution in [3.63, 3.8) is 0 Å². The Morgan fingerprint density at radius 3 is 2.55 bits per heavy atom. The lowest BCUT2D eigenvalue weighted by Crippen LogP contribution is -2.18. The number of ether oxygens (including phenoxy) is 2. The van der Waals surface area contributed by atoms with Gasteiger partial charge >= 0.3 is 5.97 Å². The summed E-state index contributed by atoms with van der Waals surface area (Å²) in [6, 6.07) is 20.2. The molecular formula is C33H32Cl2N2O3. The van der Waals surface area contributed by atoms with Gasteiger partial charge in [-0.1, -0.05) is 66.5 Å². The van der Waals surface area contributed by atoms with Crippen LogP contribution < -0.4 is 0 Å². The number of fused-ring (bicyclic) bond motifs is 1. The van der Waals surface area contributed by atoms with Crippen molar-refractivity contribution in [2.75, 3.05) is 13.2 Å². The summed E-state index contributed by atoms with van der Waals surface area (Å²) >= 11 is 13.0. The number of halogens is 2. The maximum atomic E-state index is 11.8. The first-order valence-corrected chi connectivity index (χ1v) is 14.5. The molecule has 3 aromatic carbocycles. The molecule has 7 heteroatoms. The van der Waals surface area contributed by atoms with Crippen LogP contribution in [0.3, 0.4) is 0 Å². The van der Waals surface area contributed by atoms with Gasteiger partial charge in [-0.15, -0.1) is 0 Å². The third kappa shape index (κ3) is 6.17. The highest BCUT2D eigenvalue weighted by Gasteiger charge is 2.20. The third-order valence-electron chi connectivity index (χ3n) is 7.12. The first-order chi connectivity index (χ1) is 19.5. The zero-order valence-electron chi connectivity index (χ0n) is 22.7. The van der Waals surface area contributed by atoms with E-state index in [2.05, 4.69) is 37.3 Å². The van der Waals surface area contributed by atoms with Crippen LogP contribution >= 0.6 is 23.2 Å². The van der Waals surface area contributed by atoms with Crippen molar-refractivity contribution in [2.45, 2.75) is 45.8 Å². The minimum absolute atomic E-state index is 0.0265. The molecule has 4 aromatic rings. The van der Waals surface area contributed by atoms with E-state index in [1.165, 1.54) is 6.08 Å². The summed E-state index contributed by atoms with van der Waals surface area (Å²) < 4.78 is 13.0.